The van der Waals surface area contributed by atoms with Gasteiger partial charge >= 0.3 is 6.18 Å². The average molecular weight is 446 g/mol. The van der Waals surface area contributed by atoms with Crippen LogP contribution in [0.4, 0.5) is 24.7 Å². The second-order valence-electron chi connectivity index (χ2n) is 6.69. The minimum Gasteiger partial charge on any atom is -0.338 e. The lowest BCUT2D eigenvalue weighted by Gasteiger charge is -2.12. The Bertz CT molecular complexity index is 1360. The maximum Gasteiger partial charge on any atom is 0.416 e. The third-order valence-corrected chi connectivity index (χ3v) is 6.15. The molecule has 0 saturated heterocycles. The van der Waals surface area contributed by atoms with E-state index in [1.54, 1.807) is 40.9 Å². The number of sulfonamides is 1. The molecule has 31 heavy (non-hydrogen) atoms. The van der Waals surface area contributed by atoms with Crippen molar-refractivity contribution in [3.63, 3.8) is 0 Å². The smallest absolute Gasteiger partial charge is 0.338 e. The maximum atomic E-state index is 13.0. The number of nitrogens with one attached hydrogen (secondary N) is 2. The normalized spacial score (nSPS) is 12.3. The van der Waals surface area contributed by atoms with Crippen LogP contribution in [0.5, 0.6) is 0 Å². The summed E-state index contributed by atoms with van der Waals surface area (Å²) in [5, 5.41) is 2.93. The fraction of sp³-hybridized carbons (Fsp3) is 0.0952. The molecular formula is C21H17F3N4O2S. The van der Waals surface area contributed by atoms with Crippen molar-refractivity contribution < 1.29 is 21.6 Å². The number of nitrogens with zero attached hydrogens (tertiary/aromatic N) is 2. The van der Waals surface area contributed by atoms with Gasteiger partial charge in [0.05, 0.1) is 21.7 Å². The molecule has 0 radical (unpaired) electrons. The zero-order valence-electron chi connectivity index (χ0n) is 16.2. The number of anilines is 2. The highest BCUT2D eigenvalue weighted by molar-refractivity contribution is 7.89. The third kappa shape index (κ3) is 4.12. The van der Waals surface area contributed by atoms with Gasteiger partial charge in [-0.3, -0.25) is 0 Å². The molecule has 2 aromatic heterocycles. The van der Waals surface area contributed by atoms with Crippen molar-refractivity contribution in [2.75, 3.05) is 12.4 Å². The lowest BCUT2D eigenvalue weighted by atomic mass is 10.1. The summed E-state index contributed by atoms with van der Waals surface area (Å²) in [6, 6.07) is 14.9. The minimum atomic E-state index is -4.45. The van der Waals surface area contributed by atoms with Crippen LogP contribution in [0.2, 0.25) is 0 Å². The predicted molar refractivity (Wildman–Crippen MR) is 112 cm³/mol. The monoisotopic (exact) mass is 446 g/mol. The molecule has 4 aromatic rings. The fourth-order valence-electron chi connectivity index (χ4n) is 3.22. The van der Waals surface area contributed by atoms with Crippen molar-refractivity contribution in [3.8, 4) is 11.3 Å². The first-order valence-electron chi connectivity index (χ1n) is 9.13. The molecule has 0 atom stereocenters. The van der Waals surface area contributed by atoms with E-state index in [1.165, 1.54) is 31.4 Å². The van der Waals surface area contributed by atoms with Crippen molar-refractivity contribution in [3.05, 3.63) is 78.6 Å². The quantitative estimate of drug-likeness (QED) is 0.467. The van der Waals surface area contributed by atoms with Gasteiger partial charge in [-0.15, -0.1) is 0 Å². The Kier molecular flexibility index (Phi) is 5.19. The number of hydrogen-bond acceptors (Lipinski definition) is 4. The summed E-state index contributed by atoms with van der Waals surface area (Å²) in [4.78, 5) is 4.38. The van der Waals surface area contributed by atoms with Gasteiger partial charge in [0.15, 0.2) is 5.82 Å². The van der Waals surface area contributed by atoms with E-state index in [0.717, 1.165) is 12.1 Å². The Morgan fingerprint density at radius 1 is 1.00 bits per heavy atom. The van der Waals surface area contributed by atoms with Crippen LogP contribution in [0.3, 0.4) is 0 Å². The molecule has 0 aliphatic carbocycles. The minimum absolute atomic E-state index is 0.124. The SMILES string of the molecule is CNS(=O)(=O)c1cccc(-c2ccc3c(Nc4cccc(C(F)(F)F)c4)nccn23)c1. The lowest BCUT2D eigenvalue weighted by molar-refractivity contribution is -0.137. The van der Waals surface area contributed by atoms with E-state index in [4.69, 9.17) is 0 Å². The second kappa shape index (κ2) is 7.71. The molecule has 10 heteroatoms. The maximum absolute atomic E-state index is 13.0. The Balaban J connectivity index is 1.74. The van der Waals surface area contributed by atoms with Crippen LogP contribution >= 0.6 is 0 Å². The first-order valence-corrected chi connectivity index (χ1v) is 10.6. The molecule has 0 bridgehead atoms. The Labute approximate surface area is 176 Å². The molecule has 0 aliphatic rings. The van der Waals surface area contributed by atoms with Gasteiger partial charge in [0.1, 0.15) is 0 Å². The van der Waals surface area contributed by atoms with Crippen LogP contribution in [0.15, 0.2) is 78.0 Å². The Morgan fingerprint density at radius 3 is 2.52 bits per heavy atom. The highest BCUT2D eigenvalue weighted by Crippen LogP contribution is 2.32. The van der Waals surface area contributed by atoms with Crippen LogP contribution in [-0.4, -0.2) is 24.9 Å². The van der Waals surface area contributed by atoms with E-state index in [9.17, 15) is 21.6 Å². The van der Waals surface area contributed by atoms with E-state index in [1.807, 2.05) is 0 Å². The third-order valence-electron chi connectivity index (χ3n) is 4.74. The van der Waals surface area contributed by atoms with E-state index in [2.05, 4.69) is 15.0 Å². The number of alkyl halides is 3. The van der Waals surface area contributed by atoms with Gasteiger partial charge in [0, 0.05) is 18.1 Å². The summed E-state index contributed by atoms with van der Waals surface area (Å²) in [7, 11) is -2.27. The topological polar surface area (TPSA) is 75.5 Å². The van der Waals surface area contributed by atoms with E-state index >= 15 is 0 Å². The van der Waals surface area contributed by atoms with Gasteiger partial charge in [0.2, 0.25) is 10.0 Å². The first-order chi connectivity index (χ1) is 14.7. The molecule has 2 N–H and O–H groups in total. The summed E-state index contributed by atoms with van der Waals surface area (Å²) in [6.45, 7) is 0. The Hall–Kier alpha value is -3.37. The standard InChI is InChI=1S/C21H17F3N4O2S/c1-25-31(29,30)17-7-2-4-14(12-17)18-8-9-19-20(26-10-11-28(18)19)27-16-6-3-5-15(13-16)21(22,23)24/h2-13,25H,1H3,(H,26,27). The molecule has 2 heterocycles. The van der Waals surface area contributed by atoms with Crippen molar-refractivity contribution in [2.45, 2.75) is 11.1 Å². The average Bonchev–Trinajstić information content (AvgIpc) is 3.19. The van der Waals surface area contributed by atoms with Crippen molar-refractivity contribution in [1.29, 1.82) is 0 Å². The van der Waals surface area contributed by atoms with E-state index in [-0.39, 0.29) is 10.6 Å². The first kappa shape index (κ1) is 20.9. The molecule has 0 unspecified atom stereocenters. The molecule has 0 aliphatic heterocycles. The number of benzene rings is 2. The van der Waals surface area contributed by atoms with Gasteiger partial charge in [-0.1, -0.05) is 18.2 Å². The molecule has 4 rings (SSSR count). The van der Waals surface area contributed by atoms with Crippen LogP contribution in [0.25, 0.3) is 16.8 Å². The van der Waals surface area contributed by atoms with Gasteiger partial charge in [0.25, 0.3) is 0 Å². The number of rotatable bonds is 5. The molecule has 2 aromatic carbocycles. The summed E-state index contributed by atoms with van der Waals surface area (Å²) in [5.41, 5.74) is 1.48. The predicted octanol–water partition coefficient (Wildman–Crippen LogP) is 4.67. The van der Waals surface area contributed by atoms with Crippen LogP contribution < -0.4 is 10.0 Å². The fourth-order valence-corrected chi connectivity index (χ4v) is 4.00. The molecule has 0 fully saturated rings. The molecule has 6 nitrogen and oxygen atoms in total. The highest BCUT2D eigenvalue weighted by atomic mass is 32.2. The lowest BCUT2D eigenvalue weighted by Crippen LogP contribution is -2.18. The van der Waals surface area contributed by atoms with Crippen LogP contribution in [-0.2, 0) is 16.2 Å². The summed E-state index contributed by atoms with van der Waals surface area (Å²) in [6.07, 6.45) is -1.24. The number of fused-ring (bicyclic) bond motifs is 1. The summed E-state index contributed by atoms with van der Waals surface area (Å²) in [5.74, 6) is 0.368. The number of halogens is 3. The highest BCUT2D eigenvalue weighted by Gasteiger charge is 2.30. The van der Waals surface area contributed by atoms with Gasteiger partial charge in [-0.25, -0.2) is 18.1 Å². The zero-order chi connectivity index (χ0) is 22.2. The summed E-state index contributed by atoms with van der Waals surface area (Å²) < 4.78 is 67.3. The summed E-state index contributed by atoms with van der Waals surface area (Å²) >= 11 is 0. The Morgan fingerprint density at radius 2 is 1.77 bits per heavy atom. The van der Waals surface area contributed by atoms with Crippen LogP contribution in [0.1, 0.15) is 5.56 Å². The molecule has 0 saturated carbocycles. The van der Waals surface area contributed by atoms with Crippen molar-refractivity contribution >= 4 is 27.0 Å². The number of aromatic nitrogens is 2. The molecular weight excluding hydrogens is 429 g/mol. The van der Waals surface area contributed by atoms with Gasteiger partial charge in [-0.2, -0.15) is 13.2 Å². The number of hydrogen-bond donors (Lipinski definition) is 2. The second-order valence-corrected chi connectivity index (χ2v) is 8.58. The largest absolute Gasteiger partial charge is 0.416 e. The van der Waals surface area contributed by atoms with Crippen molar-refractivity contribution in [2.24, 2.45) is 0 Å². The van der Waals surface area contributed by atoms with E-state index in [0.29, 0.717) is 22.6 Å². The van der Waals surface area contributed by atoms with E-state index < -0.39 is 21.8 Å². The van der Waals surface area contributed by atoms with Crippen LogP contribution in [0, 0.1) is 0 Å². The molecule has 160 valence electrons. The molecule has 0 spiro atoms. The van der Waals surface area contributed by atoms with Gasteiger partial charge in [-0.05, 0) is 55.1 Å². The molecule has 0 amide bonds. The van der Waals surface area contributed by atoms with Gasteiger partial charge < -0.3 is 9.72 Å². The zero-order valence-corrected chi connectivity index (χ0v) is 17.0. The van der Waals surface area contributed by atoms with Crippen molar-refractivity contribution in [1.82, 2.24) is 14.1 Å².